The van der Waals surface area contributed by atoms with Gasteiger partial charge in [-0.3, -0.25) is 4.79 Å². The van der Waals surface area contributed by atoms with Crippen molar-refractivity contribution in [1.29, 1.82) is 0 Å². The molecule has 26 heavy (non-hydrogen) atoms. The predicted molar refractivity (Wildman–Crippen MR) is 104 cm³/mol. The number of hydrazone groups is 1. The van der Waals surface area contributed by atoms with Crippen LogP contribution in [0.25, 0.3) is 0 Å². The molecule has 0 aliphatic rings. The number of benzene rings is 3. The van der Waals surface area contributed by atoms with Crippen LogP contribution in [0.3, 0.4) is 0 Å². The smallest absolute Gasteiger partial charge is 0.271 e. The maximum atomic E-state index is 11.9. The highest BCUT2D eigenvalue weighted by Gasteiger charge is 2.02. The molecule has 0 aromatic heterocycles. The lowest BCUT2D eigenvalue weighted by Gasteiger charge is -2.07. The van der Waals surface area contributed by atoms with Crippen molar-refractivity contribution in [2.75, 3.05) is 0 Å². The van der Waals surface area contributed by atoms with Crippen molar-refractivity contribution in [2.24, 2.45) is 5.10 Å². The molecular formula is C21H17ClN2O2. The van der Waals surface area contributed by atoms with E-state index in [1.165, 1.54) is 0 Å². The third kappa shape index (κ3) is 4.94. The summed E-state index contributed by atoms with van der Waals surface area (Å²) in [5, 5.41) is 4.66. The van der Waals surface area contributed by atoms with E-state index in [0.717, 1.165) is 16.9 Å². The van der Waals surface area contributed by atoms with Crippen LogP contribution < -0.4 is 10.2 Å². The minimum Gasteiger partial charge on any atom is -0.489 e. The minimum absolute atomic E-state index is 0.249. The molecule has 1 amide bonds. The van der Waals surface area contributed by atoms with Crippen LogP contribution in [0.5, 0.6) is 5.75 Å². The zero-order chi connectivity index (χ0) is 18.2. The molecule has 0 atom stereocenters. The molecule has 3 rings (SSSR count). The first-order valence-electron chi connectivity index (χ1n) is 8.07. The number of halogens is 1. The summed E-state index contributed by atoms with van der Waals surface area (Å²) in [4.78, 5) is 11.9. The normalized spacial score (nSPS) is 10.7. The van der Waals surface area contributed by atoms with Crippen LogP contribution in [0.1, 0.15) is 21.5 Å². The van der Waals surface area contributed by atoms with Gasteiger partial charge < -0.3 is 4.74 Å². The minimum atomic E-state index is -0.249. The average Bonchev–Trinajstić information content (AvgIpc) is 2.69. The monoisotopic (exact) mass is 364 g/mol. The molecule has 0 radical (unpaired) electrons. The topological polar surface area (TPSA) is 50.7 Å². The second-order valence-electron chi connectivity index (χ2n) is 5.51. The summed E-state index contributed by atoms with van der Waals surface area (Å²) in [5.74, 6) is 0.483. The summed E-state index contributed by atoms with van der Waals surface area (Å²) < 4.78 is 5.73. The average molecular weight is 365 g/mol. The van der Waals surface area contributed by atoms with E-state index >= 15 is 0 Å². The fraction of sp³-hybridized carbons (Fsp3) is 0.0476. The standard InChI is InChI=1S/C21H17ClN2O2/c22-20-9-5-4-8-18(20)15-26-19-12-10-16(11-13-19)14-23-24-21(25)17-6-2-1-3-7-17/h1-14H,15H2,(H,24,25)/b23-14+. The van der Waals surface area contributed by atoms with Gasteiger partial charge in [-0.2, -0.15) is 5.10 Å². The largest absolute Gasteiger partial charge is 0.489 e. The Hall–Kier alpha value is -3.11. The van der Waals surface area contributed by atoms with Crippen LogP contribution in [0.2, 0.25) is 5.02 Å². The Morgan fingerprint density at radius 2 is 1.65 bits per heavy atom. The Bertz CT molecular complexity index is 893. The van der Waals surface area contributed by atoms with Crippen molar-refractivity contribution in [3.8, 4) is 5.75 Å². The number of amides is 1. The van der Waals surface area contributed by atoms with Crippen molar-refractivity contribution in [1.82, 2.24) is 5.43 Å². The van der Waals surface area contributed by atoms with Crippen molar-refractivity contribution >= 4 is 23.7 Å². The summed E-state index contributed by atoms with van der Waals surface area (Å²) in [6.07, 6.45) is 1.58. The second kappa shape index (κ2) is 8.83. The van der Waals surface area contributed by atoms with Crippen molar-refractivity contribution < 1.29 is 9.53 Å². The summed E-state index contributed by atoms with van der Waals surface area (Å²) in [6.45, 7) is 0.403. The lowest BCUT2D eigenvalue weighted by Crippen LogP contribution is -2.17. The third-order valence-electron chi connectivity index (χ3n) is 3.65. The fourth-order valence-corrected chi connectivity index (χ4v) is 2.44. The number of nitrogens with one attached hydrogen (secondary N) is 1. The maximum absolute atomic E-state index is 11.9. The summed E-state index contributed by atoms with van der Waals surface area (Å²) in [5.41, 5.74) is 4.85. The van der Waals surface area contributed by atoms with Gasteiger partial charge in [-0.05, 0) is 48.0 Å². The second-order valence-corrected chi connectivity index (χ2v) is 5.92. The first-order valence-corrected chi connectivity index (χ1v) is 8.45. The lowest BCUT2D eigenvalue weighted by atomic mass is 10.2. The molecule has 0 saturated carbocycles. The van der Waals surface area contributed by atoms with Crippen LogP contribution in [-0.2, 0) is 6.61 Å². The number of carbonyl (C=O) groups is 1. The molecule has 3 aromatic carbocycles. The predicted octanol–water partition coefficient (Wildman–Crippen LogP) is 4.68. The van der Waals surface area contributed by atoms with Gasteiger partial charge in [-0.1, -0.05) is 48.0 Å². The van der Waals surface area contributed by atoms with Crippen molar-refractivity contribution in [2.45, 2.75) is 6.61 Å². The Balaban J connectivity index is 1.53. The molecule has 1 N–H and O–H groups in total. The van der Waals surface area contributed by atoms with Gasteiger partial charge in [-0.25, -0.2) is 5.43 Å². The third-order valence-corrected chi connectivity index (χ3v) is 4.02. The van der Waals surface area contributed by atoms with Crippen LogP contribution in [-0.4, -0.2) is 12.1 Å². The van der Waals surface area contributed by atoms with Crippen LogP contribution in [0.15, 0.2) is 84.0 Å². The molecule has 0 unspecified atom stereocenters. The molecule has 0 aliphatic carbocycles. The van der Waals surface area contributed by atoms with E-state index in [9.17, 15) is 4.79 Å². The van der Waals surface area contributed by atoms with Crippen LogP contribution >= 0.6 is 11.6 Å². The molecule has 4 nitrogen and oxygen atoms in total. The Labute approximate surface area is 157 Å². The Kier molecular flexibility index (Phi) is 6.01. The molecule has 0 heterocycles. The fourth-order valence-electron chi connectivity index (χ4n) is 2.25. The SMILES string of the molecule is O=C(N/N=C/c1ccc(OCc2ccccc2Cl)cc1)c1ccccc1. The van der Waals surface area contributed by atoms with E-state index in [-0.39, 0.29) is 5.91 Å². The Morgan fingerprint density at radius 1 is 0.962 bits per heavy atom. The molecule has 3 aromatic rings. The van der Waals surface area contributed by atoms with E-state index in [1.54, 1.807) is 30.5 Å². The molecule has 0 aliphatic heterocycles. The maximum Gasteiger partial charge on any atom is 0.271 e. The van der Waals surface area contributed by atoms with Crippen LogP contribution in [0, 0.1) is 0 Å². The molecular weight excluding hydrogens is 348 g/mol. The van der Waals surface area contributed by atoms with E-state index in [1.807, 2.05) is 54.6 Å². The van der Waals surface area contributed by atoms with Gasteiger partial charge in [0.15, 0.2) is 0 Å². The van der Waals surface area contributed by atoms with E-state index in [2.05, 4.69) is 10.5 Å². The molecule has 0 spiro atoms. The van der Waals surface area contributed by atoms with Gasteiger partial charge in [0, 0.05) is 16.1 Å². The number of ether oxygens (including phenoxy) is 1. The number of carbonyl (C=O) groups excluding carboxylic acids is 1. The highest BCUT2D eigenvalue weighted by Crippen LogP contribution is 2.18. The molecule has 130 valence electrons. The summed E-state index contributed by atoms with van der Waals surface area (Å²) in [7, 11) is 0. The lowest BCUT2D eigenvalue weighted by molar-refractivity contribution is 0.0955. The van der Waals surface area contributed by atoms with E-state index < -0.39 is 0 Å². The van der Waals surface area contributed by atoms with E-state index in [4.69, 9.17) is 16.3 Å². The number of hydrogen-bond acceptors (Lipinski definition) is 3. The van der Waals surface area contributed by atoms with Gasteiger partial charge in [-0.15, -0.1) is 0 Å². The van der Waals surface area contributed by atoms with Crippen molar-refractivity contribution in [3.63, 3.8) is 0 Å². The highest BCUT2D eigenvalue weighted by atomic mass is 35.5. The van der Waals surface area contributed by atoms with Gasteiger partial charge in [0.2, 0.25) is 0 Å². The van der Waals surface area contributed by atoms with Gasteiger partial charge in [0.1, 0.15) is 12.4 Å². The molecule has 0 bridgehead atoms. The number of rotatable bonds is 6. The molecule has 0 saturated heterocycles. The highest BCUT2D eigenvalue weighted by molar-refractivity contribution is 6.31. The summed E-state index contributed by atoms with van der Waals surface area (Å²) >= 11 is 6.11. The van der Waals surface area contributed by atoms with Crippen molar-refractivity contribution in [3.05, 3.63) is 101 Å². The number of hydrogen-bond donors (Lipinski definition) is 1. The molecule has 5 heteroatoms. The van der Waals surface area contributed by atoms with Gasteiger partial charge in [0.05, 0.1) is 6.21 Å². The first-order chi connectivity index (χ1) is 12.7. The summed E-state index contributed by atoms with van der Waals surface area (Å²) in [6, 6.07) is 23.9. The quantitative estimate of drug-likeness (QED) is 0.510. The number of nitrogens with zero attached hydrogens (tertiary/aromatic N) is 1. The first kappa shape index (κ1) is 17.7. The van der Waals surface area contributed by atoms with Crippen LogP contribution in [0.4, 0.5) is 0 Å². The van der Waals surface area contributed by atoms with Gasteiger partial charge >= 0.3 is 0 Å². The van der Waals surface area contributed by atoms with Gasteiger partial charge in [0.25, 0.3) is 5.91 Å². The zero-order valence-electron chi connectivity index (χ0n) is 13.9. The Morgan fingerprint density at radius 3 is 2.38 bits per heavy atom. The van der Waals surface area contributed by atoms with E-state index in [0.29, 0.717) is 17.2 Å². The molecule has 0 fully saturated rings. The zero-order valence-corrected chi connectivity index (χ0v) is 14.7.